The highest BCUT2D eigenvalue weighted by molar-refractivity contribution is 5.63. The molecule has 2 aromatic carbocycles. The van der Waals surface area contributed by atoms with E-state index in [0.29, 0.717) is 24.5 Å². The third-order valence-corrected chi connectivity index (χ3v) is 10.6. The Morgan fingerprint density at radius 1 is 1.09 bits per heavy atom. The van der Waals surface area contributed by atoms with E-state index in [1.165, 1.54) is 23.1 Å². The molecule has 0 aromatic heterocycles. The van der Waals surface area contributed by atoms with Crippen LogP contribution in [0.1, 0.15) is 42.4 Å². The molecule has 3 heterocycles. The molecule has 0 radical (unpaired) electrons. The van der Waals surface area contributed by atoms with Gasteiger partial charge < -0.3 is 24.2 Å². The number of likely N-dealkylation sites (tertiary alicyclic amines) is 1. The van der Waals surface area contributed by atoms with Crippen LogP contribution in [0, 0.1) is 11.3 Å². The number of likely N-dealkylation sites (N-methyl/N-ethyl adjacent to an activating group) is 1. The van der Waals surface area contributed by atoms with Crippen LogP contribution in [0.3, 0.4) is 0 Å². The SMILES string of the molecule is CN1CCC23c4c5ccc(O)c4OC2C24CCC3(CC2C(Cc2ccccc2)OCO4)C1C5. The first-order chi connectivity index (χ1) is 16.1. The summed E-state index contributed by atoms with van der Waals surface area (Å²) in [6, 6.07) is 15.2. The number of hydrogen-bond donors (Lipinski definition) is 1. The topological polar surface area (TPSA) is 51.2 Å². The van der Waals surface area contributed by atoms with Gasteiger partial charge in [-0.25, -0.2) is 0 Å². The summed E-state index contributed by atoms with van der Waals surface area (Å²) < 4.78 is 19.9. The highest BCUT2D eigenvalue weighted by atomic mass is 16.7. The van der Waals surface area contributed by atoms with Crippen molar-refractivity contribution in [1.82, 2.24) is 4.90 Å². The van der Waals surface area contributed by atoms with E-state index >= 15 is 0 Å². The molecule has 2 aromatic rings. The van der Waals surface area contributed by atoms with E-state index in [2.05, 4.69) is 48.3 Å². The van der Waals surface area contributed by atoms with Crippen LogP contribution in [-0.4, -0.2) is 54.2 Å². The maximum Gasteiger partial charge on any atom is 0.165 e. The number of aromatic hydroxyl groups is 1. The monoisotopic (exact) mass is 445 g/mol. The average Bonchev–Trinajstić information content (AvgIpc) is 3.21. The Bertz CT molecular complexity index is 1150. The molecule has 3 spiro atoms. The number of phenols is 1. The maximum atomic E-state index is 10.9. The van der Waals surface area contributed by atoms with Gasteiger partial charge in [0.05, 0.1) is 6.10 Å². The number of hydrogen-bond acceptors (Lipinski definition) is 5. The van der Waals surface area contributed by atoms with Gasteiger partial charge in [-0.2, -0.15) is 0 Å². The quantitative estimate of drug-likeness (QED) is 0.762. The number of nitrogens with zero attached hydrogens (tertiary/aromatic N) is 1. The third-order valence-electron chi connectivity index (χ3n) is 10.6. The van der Waals surface area contributed by atoms with Crippen LogP contribution >= 0.6 is 0 Å². The van der Waals surface area contributed by atoms with Crippen LogP contribution < -0.4 is 4.74 Å². The molecule has 5 heteroatoms. The fourth-order valence-electron chi connectivity index (χ4n) is 9.46. The minimum Gasteiger partial charge on any atom is -0.504 e. The largest absolute Gasteiger partial charge is 0.504 e. The molecule has 1 N–H and O–H groups in total. The lowest BCUT2D eigenvalue weighted by Crippen LogP contribution is -2.82. The minimum atomic E-state index is -0.347. The van der Waals surface area contributed by atoms with Crippen LogP contribution in [0.25, 0.3) is 0 Å². The van der Waals surface area contributed by atoms with Gasteiger partial charge in [0, 0.05) is 28.4 Å². The smallest absolute Gasteiger partial charge is 0.165 e. The number of rotatable bonds is 2. The Morgan fingerprint density at radius 3 is 2.85 bits per heavy atom. The van der Waals surface area contributed by atoms with Crippen molar-refractivity contribution in [2.75, 3.05) is 20.4 Å². The second-order valence-corrected chi connectivity index (χ2v) is 11.4. The number of piperidine rings is 1. The van der Waals surface area contributed by atoms with Crippen LogP contribution in [0.4, 0.5) is 0 Å². The fourth-order valence-corrected chi connectivity index (χ4v) is 9.46. The first-order valence-corrected chi connectivity index (χ1v) is 12.6. The Balaban J connectivity index is 1.32. The molecule has 9 rings (SSSR count). The molecule has 33 heavy (non-hydrogen) atoms. The zero-order valence-electron chi connectivity index (χ0n) is 19.1. The Hall–Kier alpha value is -2.08. The van der Waals surface area contributed by atoms with E-state index in [1.54, 1.807) is 0 Å². The Morgan fingerprint density at radius 2 is 1.97 bits per heavy atom. The summed E-state index contributed by atoms with van der Waals surface area (Å²) in [6.45, 7) is 1.40. The minimum absolute atomic E-state index is 0.0433. The molecule has 5 fully saturated rings. The van der Waals surface area contributed by atoms with Gasteiger partial charge in [-0.3, -0.25) is 0 Å². The molecule has 3 aliphatic heterocycles. The predicted octanol–water partition coefficient (Wildman–Crippen LogP) is 3.81. The molecule has 3 saturated carbocycles. The summed E-state index contributed by atoms with van der Waals surface area (Å²) in [5.41, 5.74) is 3.76. The molecular weight excluding hydrogens is 414 g/mol. The number of fused-ring (bicyclic) bond motifs is 1. The summed E-state index contributed by atoms with van der Waals surface area (Å²) in [5, 5.41) is 10.9. The Labute approximate surface area is 194 Å². The number of benzene rings is 2. The molecular formula is C28H31NO4. The van der Waals surface area contributed by atoms with Gasteiger partial charge in [0.1, 0.15) is 18.5 Å². The van der Waals surface area contributed by atoms with Crippen LogP contribution in [-0.2, 0) is 27.7 Å². The van der Waals surface area contributed by atoms with Crippen molar-refractivity contribution >= 4 is 0 Å². The second-order valence-electron chi connectivity index (χ2n) is 11.4. The van der Waals surface area contributed by atoms with Crippen LogP contribution in [0.2, 0.25) is 0 Å². The molecule has 0 amide bonds. The summed E-state index contributed by atoms with van der Waals surface area (Å²) >= 11 is 0. The van der Waals surface area contributed by atoms with Gasteiger partial charge in [0.15, 0.2) is 11.5 Å². The number of phenolic OH excluding ortho intramolecular Hbond substituents is 1. The van der Waals surface area contributed by atoms with E-state index in [-0.39, 0.29) is 28.6 Å². The molecule has 7 unspecified atom stereocenters. The van der Waals surface area contributed by atoms with Crippen molar-refractivity contribution in [3.63, 3.8) is 0 Å². The van der Waals surface area contributed by atoms with Crippen molar-refractivity contribution in [1.29, 1.82) is 0 Å². The van der Waals surface area contributed by atoms with Crippen molar-refractivity contribution in [3.05, 3.63) is 59.2 Å². The zero-order chi connectivity index (χ0) is 22.0. The first-order valence-electron chi connectivity index (χ1n) is 12.6. The van der Waals surface area contributed by atoms with Crippen molar-refractivity contribution in [2.45, 2.75) is 67.8 Å². The first kappa shape index (κ1) is 19.2. The van der Waals surface area contributed by atoms with Crippen LogP contribution in [0.15, 0.2) is 42.5 Å². The van der Waals surface area contributed by atoms with E-state index < -0.39 is 0 Å². The van der Waals surface area contributed by atoms with Gasteiger partial charge in [-0.15, -0.1) is 0 Å². The molecule has 7 aliphatic rings. The zero-order valence-corrected chi connectivity index (χ0v) is 19.1. The van der Waals surface area contributed by atoms with Gasteiger partial charge >= 0.3 is 0 Å². The lowest BCUT2D eigenvalue weighted by Gasteiger charge is -2.75. The van der Waals surface area contributed by atoms with Gasteiger partial charge in [-0.1, -0.05) is 36.4 Å². The summed E-state index contributed by atoms with van der Waals surface area (Å²) in [7, 11) is 2.31. The molecule has 2 saturated heterocycles. The molecule has 7 atom stereocenters. The molecule has 172 valence electrons. The highest BCUT2D eigenvalue weighted by Gasteiger charge is 2.81. The van der Waals surface area contributed by atoms with Crippen molar-refractivity contribution in [3.8, 4) is 11.5 Å². The molecule has 4 aliphatic carbocycles. The van der Waals surface area contributed by atoms with Gasteiger partial charge in [-0.05, 0) is 69.3 Å². The number of ether oxygens (including phenoxy) is 3. The third kappa shape index (κ3) is 2.04. The van der Waals surface area contributed by atoms with Crippen molar-refractivity contribution in [2.24, 2.45) is 11.3 Å². The van der Waals surface area contributed by atoms with Gasteiger partial charge in [0.2, 0.25) is 0 Å². The Kier molecular flexibility index (Phi) is 3.57. The van der Waals surface area contributed by atoms with E-state index in [4.69, 9.17) is 14.2 Å². The summed E-state index contributed by atoms with van der Waals surface area (Å²) in [5.74, 6) is 1.34. The standard InChI is InChI=1S/C28H31NO4/c1-29-12-11-27-23-18-7-8-20(30)24(23)33-25(27)28-10-9-26(27,22(29)14-18)15-19(28)21(31-16-32-28)13-17-5-3-2-4-6-17/h2-8,19,21-22,25,30H,9-16H2,1H3. The van der Waals surface area contributed by atoms with E-state index in [0.717, 1.165) is 44.4 Å². The highest BCUT2D eigenvalue weighted by Crippen LogP contribution is 2.77. The van der Waals surface area contributed by atoms with Gasteiger partial charge in [0.25, 0.3) is 0 Å². The predicted molar refractivity (Wildman–Crippen MR) is 122 cm³/mol. The van der Waals surface area contributed by atoms with Crippen LogP contribution in [0.5, 0.6) is 11.5 Å². The fraction of sp³-hybridized carbons (Fsp3) is 0.571. The molecule has 5 nitrogen and oxygen atoms in total. The second kappa shape index (κ2) is 6.12. The van der Waals surface area contributed by atoms with E-state index in [9.17, 15) is 5.11 Å². The normalized spacial score (nSPS) is 44.2. The average molecular weight is 446 g/mol. The lowest BCUT2D eigenvalue weighted by molar-refractivity contribution is -0.353. The maximum absolute atomic E-state index is 10.9. The van der Waals surface area contributed by atoms with E-state index in [1.807, 2.05) is 6.07 Å². The molecule has 4 bridgehead atoms. The van der Waals surface area contributed by atoms with Crippen molar-refractivity contribution < 1.29 is 19.3 Å². The summed E-state index contributed by atoms with van der Waals surface area (Å²) in [6.07, 6.45) is 6.43. The summed E-state index contributed by atoms with van der Waals surface area (Å²) in [4.78, 5) is 2.62. The lowest BCUT2D eigenvalue weighted by atomic mass is 9.34.